The van der Waals surface area contributed by atoms with E-state index < -0.39 is 0 Å². The van der Waals surface area contributed by atoms with E-state index >= 15 is 0 Å². The van der Waals surface area contributed by atoms with Gasteiger partial charge in [-0.05, 0) is 19.3 Å². The minimum Gasteiger partial charge on any atom is -0.389 e. The molecule has 0 aliphatic heterocycles. The number of hydrogen-bond donors (Lipinski definition) is 1. The molecule has 0 saturated carbocycles. The number of allylic oxidation sites excluding steroid dienone is 1. The van der Waals surface area contributed by atoms with Crippen molar-refractivity contribution < 1.29 is 5.11 Å². The average molecular weight is 252 g/mol. The smallest absolute Gasteiger partial charge is 0.0720 e. The van der Waals surface area contributed by atoms with Gasteiger partial charge in [0, 0.05) is 0 Å². The lowest BCUT2D eigenvalue weighted by Gasteiger charge is -2.05. The lowest BCUT2D eigenvalue weighted by Crippen LogP contribution is -2.01. The first kappa shape index (κ1) is 15.8. The third-order valence-corrected chi connectivity index (χ3v) is 3.98. The summed E-state index contributed by atoms with van der Waals surface area (Å²) >= 11 is 0. The maximum atomic E-state index is 9.78. The van der Waals surface area contributed by atoms with E-state index in [9.17, 15) is 5.11 Å². The van der Waals surface area contributed by atoms with E-state index in [1.807, 2.05) is 6.08 Å². The van der Waals surface area contributed by atoms with Crippen LogP contribution in [0.1, 0.15) is 89.9 Å². The maximum Gasteiger partial charge on any atom is 0.0720 e. The first-order valence-electron chi connectivity index (χ1n) is 8.24. The SMILES string of the molecule is OC1C=CCCCCCCCCCCCCCC1. The van der Waals surface area contributed by atoms with E-state index in [4.69, 9.17) is 0 Å². The van der Waals surface area contributed by atoms with E-state index in [0.717, 1.165) is 12.8 Å². The summed E-state index contributed by atoms with van der Waals surface area (Å²) in [7, 11) is 0. The van der Waals surface area contributed by atoms with Gasteiger partial charge < -0.3 is 5.11 Å². The van der Waals surface area contributed by atoms with Gasteiger partial charge in [-0.15, -0.1) is 0 Å². The molecule has 1 aliphatic carbocycles. The van der Waals surface area contributed by atoms with Crippen LogP contribution in [0, 0.1) is 0 Å². The lowest BCUT2D eigenvalue weighted by molar-refractivity contribution is 0.207. The second-order valence-electron chi connectivity index (χ2n) is 5.82. The van der Waals surface area contributed by atoms with Gasteiger partial charge in [-0.2, -0.15) is 0 Å². The molecule has 106 valence electrons. The molecule has 0 aromatic rings. The third-order valence-electron chi connectivity index (χ3n) is 3.98. The largest absolute Gasteiger partial charge is 0.389 e. The summed E-state index contributed by atoms with van der Waals surface area (Å²) in [4.78, 5) is 0. The van der Waals surface area contributed by atoms with Gasteiger partial charge in [0.05, 0.1) is 6.10 Å². The monoisotopic (exact) mass is 252 g/mol. The average Bonchev–Trinajstić information content (AvgIpc) is 2.37. The molecule has 0 fully saturated rings. The predicted molar refractivity (Wildman–Crippen MR) is 79.8 cm³/mol. The van der Waals surface area contributed by atoms with E-state index in [0.29, 0.717) is 0 Å². The van der Waals surface area contributed by atoms with Crippen LogP contribution in [0.5, 0.6) is 0 Å². The molecule has 1 N–H and O–H groups in total. The van der Waals surface area contributed by atoms with E-state index in [1.54, 1.807) is 0 Å². The van der Waals surface area contributed by atoms with Crippen LogP contribution in [-0.4, -0.2) is 11.2 Å². The summed E-state index contributed by atoms with van der Waals surface area (Å²) in [5, 5.41) is 9.78. The van der Waals surface area contributed by atoms with Crippen molar-refractivity contribution in [3.05, 3.63) is 12.2 Å². The molecule has 0 saturated heterocycles. The summed E-state index contributed by atoms with van der Waals surface area (Å²) in [6, 6.07) is 0. The topological polar surface area (TPSA) is 20.2 Å². The Hall–Kier alpha value is -0.300. The van der Waals surface area contributed by atoms with Crippen molar-refractivity contribution in [2.24, 2.45) is 0 Å². The molecular weight excluding hydrogens is 220 g/mol. The Morgan fingerprint density at radius 2 is 1.06 bits per heavy atom. The molecule has 0 heterocycles. The molecular formula is C17H32O. The third kappa shape index (κ3) is 9.70. The van der Waals surface area contributed by atoms with Crippen LogP contribution in [0.15, 0.2) is 12.2 Å². The fraction of sp³-hybridized carbons (Fsp3) is 0.882. The highest BCUT2D eigenvalue weighted by Gasteiger charge is 1.99. The Labute approximate surface area is 114 Å². The Balaban J connectivity index is 2.16. The van der Waals surface area contributed by atoms with Gasteiger partial charge in [-0.25, -0.2) is 0 Å². The fourth-order valence-electron chi connectivity index (χ4n) is 2.73. The summed E-state index contributed by atoms with van der Waals surface area (Å²) in [5.41, 5.74) is 0. The molecule has 0 spiro atoms. The highest BCUT2D eigenvalue weighted by molar-refractivity contribution is 4.88. The summed E-state index contributed by atoms with van der Waals surface area (Å²) in [6.45, 7) is 0. The standard InChI is InChI=1S/C17H32O/c18-17-15-13-11-9-7-5-3-1-2-4-6-8-10-12-14-16-17/h13,15,17-18H,1-12,14,16H2. The van der Waals surface area contributed by atoms with Crippen molar-refractivity contribution in [1.29, 1.82) is 0 Å². The predicted octanol–water partition coefficient (Wildman–Crippen LogP) is 5.38. The van der Waals surface area contributed by atoms with Gasteiger partial charge in [0.2, 0.25) is 0 Å². The van der Waals surface area contributed by atoms with Gasteiger partial charge in [0.15, 0.2) is 0 Å². The summed E-state index contributed by atoms with van der Waals surface area (Å²) in [5.74, 6) is 0. The van der Waals surface area contributed by atoms with Gasteiger partial charge in [-0.1, -0.05) is 82.8 Å². The van der Waals surface area contributed by atoms with Crippen LogP contribution in [0.4, 0.5) is 0 Å². The van der Waals surface area contributed by atoms with Crippen molar-refractivity contribution in [3.8, 4) is 0 Å². The highest BCUT2D eigenvalue weighted by Crippen LogP contribution is 2.14. The van der Waals surface area contributed by atoms with Gasteiger partial charge in [-0.3, -0.25) is 0 Å². The number of rotatable bonds is 0. The van der Waals surface area contributed by atoms with Gasteiger partial charge in [0.25, 0.3) is 0 Å². The maximum absolute atomic E-state index is 9.78. The van der Waals surface area contributed by atoms with Crippen LogP contribution in [0.3, 0.4) is 0 Å². The second-order valence-corrected chi connectivity index (χ2v) is 5.82. The molecule has 1 heteroatoms. The molecule has 18 heavy (non-hydrogen) atoms. The molecule has 1 unspecified atom stereocenters. The minimum absolute atomic E-state index is 0.194. The zero-order valence-electron chi connectivity index (χ0n) is 12.1. The Bertz CT molecular complexity index is 198. The van der Waals surface area contributed by atoms with Crippen molar-refractivity contribution >= 4 is 0 Å². The van der Waals surface area contributed by atoms with E-state index in [-0.39, 0.29) is 6.10 Å². The zero-order valence-corrected chi connectivity index (χ0v) is 12.1. The Morgan fingerprint density at radius 1 is 0.611 bits per heavy atom. The minimum atomic E-state index is -0.194. The Kier molecular flexibility index (Phi) is 10.3. The van der Waals surface area contributed by atoms with Crippen LogP contribution < -0.4 is 0 Å². The zero-order chi connectivity index (χ0) is 12.9. The molecule has 0 bridgehead atoms. The highest BCUT2D eigenvalue weighted by atomic mass is 16.3. The normalized spacial score (nSPS) is 26.6. The van der Waals surface area contributed by atoms with Crippen LogP contribution >= 0.6 is 0 Å². The van der Waals surface area contributed by atoms with E-state index in [2.05, 4.69) is 6.08 Å². The summed E-state index contributed by atoms with van der Waals surface area (Å²) in [6.07, 6.45) is 22.6. The fourth-order valence-corrected chi connectivity index (χ4v) is 2.73. The molecule has 0 amide bonds. The van der Waals surface area contributed by atoms with Gasteiger partial charge in [0.1, 0.15) is 0 Å². The van der Waals surface area contributed by atoms with E-state index in [1.165, 1.54) is 77.0 Å². The first-order chi connectivity index (χ1) is 8.89. The van der Waals surface area contributed by atoms with Crippen LogP contribution in [-0.2, 0) is 0 Å². The number of aliphatic hydroxyl groups is 1. The quantitative estimate of drug-likeness (QED) is 0.574. The summed E-state index contributed by atoms with van der Waals surface area (Å²) < 4.78 is 0. The molecule has 0 aromatic heterocycles. The van der Waals surface area contributed by atoms with Crippen molar-refractivity contribution in [2.45, 2.75) is 96.0 Å². The van der Waals surface area contributed by atoms with Crippen LogP contribution in [0.25, 0.3) is 0 Å². The molecule has 1 nitrogen and oxygen atoms in total. The molecule has 1 atom stereocenters. The molecule has 0 radical (unpaired) electrons. The first-order valence-corrected chi connectivity index (χ1v) is 8.24. The van der Waals surface area contributed by atoms with Gasteiger partial charge >= 0.3 is 0 Å². The molecule has 0 aromatic carbocycles. The van der Waals surface area contributed by atoms with Crippen molar-refractivity contribution in [2.75, 3.05) is 0 Å². The lowest BCUT2D eigenvalue weighted by atomic mass is 10.0. The molecule has 1 rings (SSSR count). The second kappa shape index (κ2) is 11.8. The van der Waals surface area contributed by atoms with Crippen molar-refractivity contribution in [3.63, 3.8) is 0 Å². The molecule has 1 aliphatic rings. The van der Waals surface area contributed by atoms with Crippen LogP contribution in [0.2, 0.25) is 0 Å². The number of aliphatic hydroxyl groups excluding tert-OH is 1. The number of hydrogen-bond acceptors (Lipinski definition) is 1. The van der Waals surface area contributed by atoms with Crippen molar-refractivity contribution in [1.82, 2.24) is 0 Å². The Morgan fingerprint density at radius 3 is 1.61 bits per heavy atom.